The summed E-state index contributed by atoms with van der Waals surface area (Å²) in [6.07, 6.45) is 11.3. The smallest absolute Gasteiger partial charge is 0.293 e. The highest BCUT2D eigenvalue weighted by atomic mass is 16.5. The van der Waals surface area contributed by atoms with Crippen molar-refractivity contribution in [2.75, 3.05) is 13.2 Å². The molecule has 47 heavy (non-hydrogen) atoms. The molecule has 0 aromatic heterocycles. The Morgan fingerprint density at radius 2 is 1.36 bits per heavy atom. The Labute approximate surface area is 286 Å². The molecule has 0 amide bonds. The summed E-state index contributed by atoms with van der Waals surface area (Å²) >= 11 is 0. The van der Waals surface area contributed by atoms with Crippen molar-refractivity contribution >= 4 is 6.47 Å². The number of carbonyl (C=O) groups excluding carboxylic acids is 1. The van der Waals surface area contributed by atoms with Gasteiger partial charge in [-0.25, -0.2) is 0 Å². The second-order valence-corrected chi connectivity index (χ2v) is 17.3. The van der Waals surface area contributed by atoms with Crippen LogP contribution in [0.15, 0.2) is 0 Å². The predicted molar refractivity (Wildman–Crippen MR) is 188 cm³/mol. The molecule has 6 fully saturated rings. The second kappa shape index (κ2) is 15.6. The Kier molecular flexibility index (Phi) is 12.0. The monoisotopic (exact) mass is 659 g/mol. The number of fused-ring (bicyclic) bond motifs is 8. The molecule has 8 bridgehead atoms. The van der Waals surface area contributed by atoms with Crippen LogP contribution in [0.25, 0.3) is 0 Å². The van der Waals surface area contributed by atoms with Crippen molar-refractivity contribution in [2.45, 2.75) is 173 Å². The summed E-state index contributed by atoms with van der Waals surface area (Å²) < 4.78 is 12.0. The third-order valence-corrected chi connectivity index (χ3v) is 15.1. The molecule has 8 nitrogen and oxygen atoms in total. The van der Waals surface area contributed by atoms with Crippen molar-refractivity contribution in [3.05, 3.63) is 0 Å². The van der Waals surface area contributed by atoms with Crippen molar-refractivity contribution in [3.8, 4) is 0 Å². The van der Waals surface area contributed by atoms with E-state index < -0.39 is 0 Å². The summed E-state index contributed by atoms with van der Waals surface area (Å²) in [7, 11) is 0. The highest BCUT2D eigenvalue weighted by Gasteiger charge is 2.58. The zero-order chi connectivity index (χ0) is 33.4. The van der Waals surface area contributed by atoms with Gasteiger partial charge in [-0.3, -0.25) is 4.79 Å². The van der Waals surface area contributed by atoms with E-state index in [0.29, 0.717) is 115 Å². The molecule has 0 aromatic carbocycles. The summed E-state index contributed by atoms with van der Waals surface area (Å²) in [6.45, 7) is 18.8. The molecule has 17 unspecified atom stereocenters. The van der Waals surface area contributed by atoms with Gasteiger partial charge in [0.2, 0.25) is 0 Å². The van der Waals surface area contributed by atoms with E-state index in [1.807, 2.05) is 0 Å². The summed E-state index contributed by atoms with van der Waals surface area (Å²) in [5.41, 5.74) is 0. The van der Waals surface area contributed by atoms with Gasteiger partial charge in [0.1, 0.15) is 0 Å². The van der Waals surface area contributed by atoms with E-state index in [4.69, 9.17) is 9.47 Å². The van der Waals surface area contributed by atoms with E-state index >= 15 is 0 Å². The van der Waals surface area contributed by atoms with Gasteiger partial charge in [0.05, 0.1) is 18.8 Å². The van der Waals surface area contributed by atoms with E-state index in [1.54, 1.807) is 0 Å². The number of aliphatic hydroxyl groups excluding tert-OH is 1. The van der Waals surface area contributed by atoms with Gasteiger partial charge < -0.3 is 35.8 Å². The Bertz CT molecular complexity index is 1020. The van der Waals surface area contributed by atoms with Crippen LogP contribution in [0.3, 0.4) is 0 Å². The average molecular weight is 659 g/mol. The van der Waals surface area contributed by atoms with E-state index in [9.17, 15) is 9.90 Å². The van der Waals surface area contributed by atoms with Gasteiger partial charge in [-0.05, 0) is 86.9 Å². The maximum atomic E-state index is 11.6. The molecular formula is C39H70N4O4. The third kappa shape index (κ3) is 7.08. The average Bonchev–Trinajstić information content (AvgIpc) is 3.80. The molecule has 6 aliphatic rings. The van der Waals surface area contributed by atoms with Crippen LogP contribution in [0.2, 0.25) is 0 Å². The highest BCUT2D eigenvalue weighted by molar-refractivity contribution is 5.36. The van der Waals surface area contributed by atoms with Crippen molar-refractivity contribution in [3.63, 3.8) is 0 Å². The van der Waals surface area contributed by atoms with Crippen LogP contribution < -0.4 is 21.3 Å². The second-order valence-electron chi connectivity index (χ2n) is 17.3. The number of aliphatic hydroxyl groups is 1. The van der Waals surface area contributed by atoms with Crippen LogP contribution >= 0.6 is 0 Å². The molecule has 0 aromatic rings. The number of nitrogens with one attached hydrogen (secondary N) is 4. The van der Waals surface area contributed by atoms with E-state index in [1.165, 1.54) is 25.7 Å². The number of hydrogen-bond acceptors (Lipinski definition) is 8. The fraction of sp³-hybridized carbons (Fsp3) is 0.974. The topological polar surface area (TPSA) is 104 Å². The first-order chi connectivity index (χ1) is 22.7. The minimum atomic E-state index is -0.258. The number of rotatable bonds is 12. The van der Waals surface area contributed by atoms with Gasteiger partial charge in [-0.2, -0.15) is 0 Å². The lowest BCUT2D eigenvalue weighted by atomic mass is 9.76. The number of ether oxygens (including phenoxy) is 2. The molecule has 270 valence electrons. The summed E-state index contributed by atoms with van der Waals surface area (Å²) in [6, 6.07) is 3.33. The molecule has 0 spiro atoms. The van der Waals surface area contributed by atoms with Crippen LogP contribution in [0.1, 0.15) is 113 Å². The van der Waals surface area contributed by atoms with Crippen LogP contribution in [0, 0.1) is 53.3 Å². The van der Waals surface area contributed by atoms with Gasteiger partial charge in [0.15, 0.2) is 0 Å². The van der Waals surface area contributed by atoms with Crippen molar-refractivity contribution in [1.29, 1.82) is 0 Å². The SMILES string of the molecule is CCCCCCOC(C)C1C2CC3NC(CC4NC5C(CC(O)C5C4C)C4NC(CC(N2)C1C)[C@@H](C)[C@@H]4CCOC=O)C(CC)C3C. The van der Waals surface area contributed by atoms with Crippen molar-refractivity contribution < 1.29 is 19.4 Å². The van der Waals surface area contributed by atoms with Gasteiger partial charge >= 0.3 is 0 Å². The zero-order valence-corrected chi connectivity index (χ0v) is 30.7. The Morgan fingerprint density at radius 3 is 2.11 bits per heavy atom. The first-order valence-corrected chi connectivity index (χ1v) is 20.1. The fourth-order valence-corrected chi connectivity index (χ4v) is 12.5. The first-order valence-electron chi connectivity index (χ1n) is 20.1. The summed E-state index contributed by atoms with van der Waals surface area (Å²) in [5, 5.41) is 28.5. The van der Waals surface area contributed by atoms with Crippen molar-refractivity contribution in [2.24, 2.45) is 53.3 Å². The standard InChI is InChI=1S/C39H70N4O4/c1-8-10-11-12-14-47-25(7)36-23(5)31-17-30-22(4)27(13-15-46-20-44)38(42-30)28-16-35(45)37-24(6)32(43-39(28)37)18-33-26(9-2)21(3)29(40-33)19-34(36)41-31/h20-43,45H,8-19H2,1-7H3/t21?,22-,23?,24?,25?,26?,27-,28?,29?,30?,31?,32?,33?,34?,35?,36?,37?,38?,39?/m0/s1. The summed E-state index contributed by atoms with van der Waals surface area (Å²) in [4.78, 5) is 11.1. The lowest BCUT2D eigenvalue weighted by Crippen LogP contribution is -2.49. The van der Waals surface area contributed by atoms with E-state index in [2.05, 4.69) is 69.7 Å². The minimum Gasteiger partial charge on any atom is -0.468 e. The Morgan fingerprint density at radius 1 is 0.723 bits per heavy atom. The molecule has 0 radical (unpaired) electrons. The molecule has 5 heterocycles. The molecule has 5 saturated heterocycles. The quantitative estimate of drug-likeness (QED) is 0.149. The van der Waals surface area contributed by atoms with Crippen LogP contribution in [-0.2, 0) is 14.3 Å². The van der Waals surface area contributed by atoms with E-state index in [-0.39, 0.29) is 12.2 Å². The largest absolute Gasteiger partial charge is 0.468 e. The molecule has 19 atom stereocenters. The normalized spacial score (nSPS) is 49.8. The third-order valence-electron chi connectivity index (χ3n) is 15.1. The molecule has 8 heteroatoms. The molecule has 6 rings (SSSR count). The molecule has 5 N–H and O–H groups in total. The van der Waals surface area contributed by atoms with Gasteiger partial charge in [0.25, 0.3) is 6.47 Å². The Hall–Kier alpha value is -0.770. The van der Waals surface area contributed by atoms with Gasteiger partial charge in [-0.1, -0.05) is 67.2 Å². The lowest BCUT2D eigenvalue weighted by Gasteiger charge is -2.32. The summed E-state index contributed by atoms with van der Waals surface area (Å²) in [5.74, 6) is 4.35. The van der Waals surface area contributed by atoms with Crippen molar-refractivity contribution in [1.82, 2.24) is 21.3 Å². The predicted octanol–water partition coefficient (Wildman–Crippen LogP) is 4.88. The van der Waals surface area contributed by atoms with E-state index in [0.717, 1.165) is 45.1 Å². The van der Waals surface area contributed by atoms with Gasteiger partial charge in [0, 0.05) is 66.8 Å². The molecule has 1 saturated carbocycles. The maximum Gasteiger partial charge on any atom is 0.293 e. The van der Waals surface area contributed by atoms with Crippen LogP contribution in [0.4, 0.5) is 0 Å². The Balaban J connectivity index is 1.29. The van der Waals surface area contributed by atoms with Gasteiger partial charge in [-0.15, -0.1) is 0 Å². The minimum absolute atomic E-state index is 0.235. The molecule has 1 aliphatic carbocycles. The zero-order valence-electron chi connectivity index (χ0n) is 30.7. The number of unbranched alkanes of at least 4 members (excludes halogenated alkanes) is 3. The first kappa shape index (κ1) is 36.0. The molecular weight excluding hydrogens is 588 g/mol. The lowest BCUT2D eigenvalue weighted by molar-refractivity contribution is -0.129. The number of hydrogen-bond donors (Lipinski definition) is 5. The van der Waals surface area contributed by atoms with Crippen LogP contribution in [0.5, 0.6) is 0 Å². The number of carbonyl (C=O) groups is 1. The molecule has 5 aliphatic heterocycles. The fourth-order valence-electron chi connectivity index (χ4n) is 12.5. The maximum absolute atomic E-state index is 11.6. The van der Waals surface area contributed by atoms with Crippen LogP contribution in [-0.4, -0.2) is 85.3 Å². The highest BCUT2D eigenvalue weighted by Crippen LogP contribution is 2.50.